The zero-order chi connectivity index (χ0) is 8.10. The van der Waals surface area contributed by atoms with E-state index in [0.717, 1.165) is 25.0 Å². The number of hydrogen-bond donors (Lipinski definition) is 1. The zero-order valence-electron chi connectivity index (χ0n) is 6.75. The molecule has 0 radical (unpaired) electrons. The quantitative estimate of drug-likeness (QED) is 0.717. The molecular weight excluding hydrogens is 138 g/mol. The molecule has 1 heterocycles. The molecule has 0 aliphatic heterocycles. The molecule has 0 saturated carbocycles. The van der Waals surface area contributed by atoms with Crippen molar-refractivity contribution in [3.63, 3.8) is 0 Å². The van der Waals surface area contributed by atoms with Gasteiger partial charge in [-0.25, -0.2) is 0 Å². The first kappa shape index (κ1) is 8.05. The fourth-order valence-electron chi connectivity index (χ4n) is 0.966. The average molecular weight is 151 g/mol. The van der Waals surface area contributed by atoms with E-state index in [-0.39, 0.29) is 0 Å². The van der Waals surface area contributed by atoms with Gasteiger partial charge in [-0.1, -0.05) is 13.3 Å². The monoisotopic (exact) mass is 151 g/mol. The largest absolute Gasteiger partial charge is 0.506 e. The molecule has 0 aliphatic rings. The summed E-state index contributed by atoms with van der Waals surface area (Å²) in [5, 5.41) is 9.27. The maximum atomic E-state index is 9.27. The highest BCUT2D eigenvalue weighted by molar-refractivity contribution is 5.24. The number of unbranched alkanes of at least 4 members (excludes halogenated alkanes) is 1. The van der Waals surface area contributed by atoms with E-state index in [1.54, 1.807) is 18.3 Å². The van der Waals surface area contributed by atoms with E-state index < -0.39 is 0 Å². The molecule has 11 heavy (non-hydrogen) atoms. The summed E-state index contributed by atoms with van der Waals surface area (Å²) in [4.78, 5) is 4.07. The molecular formula is C9H13NO. The van der Waals surface area contributed by atoms with Crippen LogP contribution in [-0.4, -0.2) is 10.1 Å². The third-order valence-electron chi connectivity index (χ3n) is 1.63. The molecule has 0 atom stereocenters. The lowest BCUT2D eigenvalue weighted by atomic mass is 10.2. The van der Waals surface area contributed by atoms with Crippen LogP contribution >= 0.6 is 0 Å². The Kier molecular flexibility index (Phi) is 2.90. The molecule has 1 rings (SSSR count). The first-order valence-electron chi connectivity index (χ1n) is 3.97. The molecule has 2 nitrogen and oxygen atoms in total. The topological polar surface area (TPSA) is 33.1 Å². The Bertz CT molecular complexity index is 223. The van der Waals surface area contributed by atoms with Gasteiger partial charge >= 0.3 is 0 Å². The first-order chi connectivity index (χ1) is 5.34. The van der Waals surface area contributed by atoms with Gasteiger partial charge < -0.3 is 5.11 Å². The summed E-state index contributed by atoms with van der Waals surface area (Å²) in [6.07, 6.45) is 4.81. The second kappa shape index (κ2) is 3.96. The van der Waals surface area contributed by atoms with Crippen LogP contribution in [0.4, 0.5) is 0 Å². The summed E-state index contributed by atoms with van der Waals surface area (Å²) in [6, 6.07) is 3.42. The summed E-state index contributed by atoms with van der Waals surface area (Å²) in [7, 11) is 0. The van der Waals surface area contributed by atoms with Gasteiger partial charge in [0.2, 0.25) is 0 Å². The van der Waals surface area contributed by atoms with Crippen LogP contribution in [-0.2, 0) is 6.42 Å². The summed E-state index contributed by atoms with van der Waals surface area (Å²) >= 11 is 0. The Morgan fingerprint density at radius 2 is 2.36 bits per heavy atom. The Labute approximate surface area is 66.9 Å². The lowest BCUT2D eigenvalue weighted by Crippen LogP contribution is -1.88. The molecule has 0 aromatic carbocycles. The normalized spacial score (nSPS) is 9.91. The fourth-order valence-corrected chi connectivity index (χ4v) is 0.966. The van der Waals surface area contributed by atoms with E-state index in [9.17, 15) is 5.11 Å². The van der Waals surface area contributed by atoms with E-state index in [1.807, 2.05) is 0 Å². The van der Waals surface area contributed by atoms with Crippen LogP contribution < -0.4 is 0 Å². The van der Waals surface area contributed by atoms with Crippen molar-refractivity contribution in [1.82, 2.24) is 4.98 Å². The molecule has 0 bridgehead atoms. The van der Waals surface area contributed by atoms with Gasteiger partial charge in [0.1, 0.15) is 5.75 Å². The van der Waals surface area contributed by atoms with Crippen molar-refractivity contribution in [1.29, 1.82) is 0 Å². The third-order valence-corrected chi connectivity index (χ3v) is 1.63. The van der Waals surface area contributed by atoms with Crippen molar-refractivity contribution in [2.75, 3.05) is 0 Å². The van der Waals surface area contributed by atoms with Crippen molar-refractivity contribution in [3.8, 4) is 5.75 Å². The standard InChI is InChI=1S/C9H13NO/c1-2-3-5-8-9(11)6-4-7-10-8/h4,6-7,11H,2-3,5H2,1H3. The number of aromatic nitrogens is 1. The Hall–Kier alpha value is -1.05. The van der Waals surface area contributed by atoms with Crippen molar-refractivity contribution in [2.24, 2.45) is 0 Å². The summed E-state index contributed by atoms with van der Waals surface area (Å²) < 4.78 is 0. The smallest absolute Gasteiger partial charge is 0.137 e. The summed E-state index contributed by atoms with van der Waals surface area (Å²) in [6.45, 7) is 2.12. The predicted molar refractivity (Wildman–Crippen MR) is 44.5 cm³/mol. The van der Waals surface area contributed by atoms with E-state index >= 15 is 0 Å². The molecule has 1 aromatic rings. The van der Waals surface area contributed by atoms with Crippen LogP contribution in [0.5, 0.6) is 5.75 Å². The van der Waals surface area contributed by atoms with Gasteiger partial charge in [-0.2, -0.15) is 0 Å². The van der Waals surface area contributed by atoms with Crippen molar-refractivity contribution < 1.29 is 5.11 Å². The molecule has 0 amide bonds. The number of hydrogen-bond acceptors (Lipinski definition) is 2. The van der Waals surface area contributed by atoms with E-state index in [1.165, 1.54) is 0 Å². The van der Waals surface area contributed by atoms with Crippen LogP contribution in [0.2, 0.25) is 0 Å². The van der Waals surface area contributed by atoms with E-state index in [4.69, 9.17) is 0 Å². The lowest BCUT2D eigenvalue weighted by molar-refractivity contribution is 0.462. The van der Waals surface area contributed by atoms with Crippen molar-refractivity contribution in [3.05, 3.63) is 24.0 Å². The summed E-state index contributed by atoms with van der Waals surface area (Å²) in [5.74, 6) is 0.320. The second-order valence-electron chi connectivity index (χ2n) is 2.57. The molecule has 2 heteroatoms. The molecule has 0 saturated heterocycles. The Balaban J connectivity index is 2.62. The minimum Gasteiger partial charge on any atom is -0.506 e. The highest BCUT2D eigenvalue weighted by Gasteiger charge is 1.98. The van der Waals surface area contributed by atoms with Crippen LogP contribution in [0, 0.1) is 0 Å². The highest BCUT2D eigenvalue weighted by atomic mass is 16.3. The van der Waals surface area contributed by atoms with Crippen LogP contribution in [0.25, 0.3) is 0 Å². The lowest BCUT2D eigenvalue weighted by Gasteiger charge is -2.00. The molecule has 60 valence electrons. The Morgan fingerprint density at radius 3 is 3.00 bits per heavy atom. The maximum Gasteiger partial charge on any atom is 0.137 e. The molecule has 0 aliphatic carbocycles. The fraction of sp³-hybridized carbons (Fsp3) is 0.444. The van der Waals surface area contributed by atoms with Gasteiger partial charge in [-0.3, -0.25) is 4.98 Å². The van der Waals surface area contributed by atoms with E-state index in [2.05, 4.69) is 11.9 Å². The van der Waals surface area contributed by atoms with Crippen molar-refractivity contribution >= 4 is 0 Å². The van der Waals surface area contributed by atoms with Gasteiger partial charge in [0, 0.05) is 6.20 Å². The molecule has 1 N–H and O–H groups in total. The molecule has 0 unspecified atom stereocenters. The van der Waals surface area contributed by atoms with Gasteiger partial charge in [0.25, 0.3) is 0 Å². The van der Waals surface area contributed by atoms with Crippen molar-refractivity contribution in [2.45, 2.75) is 26.2 Å². The van der Waals surface area contributed by atoms with E-state index in [0.29, 0.717) is 5.75 Å². The first-order valence-corrected chi connectivity index (χ1v) is 3.97. The van der Waals surface area contributed by atoms with Crippen LogP contribution in [0.1, 0.15) is 25.5 Å². The number of rotatable bonds is 3. The van der Waals surface area contributed by atoms with Gasteiger partial charge in [-0.15, -0.1) is 0 Å². The zero-order valence-corrected chi connectivity index (χ0v) is 6.75. The van der Waals surface area contributed by atoms with Gasteiger partial charge in [0.05, 0.1) is 5.69 Å². The number of aryl methyl sites for hydroxylation is 1. The number of nitrogens with zero attached hydrogens (tertiary/aromatic N) is 1. The molecule has 0 fully saturated rings. The van der Waals surface area contributed by atoms with Crippen LogP contribution in [0.3, 0.4) is 0 Å². The average Bonchev–Trinajstić information content (AvgIpc) is 2.03. The Morgan fingerprint density at radius 1 is 1.55 bits per heavy atom. The van der Waals surface area contributed by atoms with Gasteiger partial charge in [-0.05, 0) is 25.0 Å². The minimum absolute atomic E-state index is 0.320. The minimum atomic E-state index is 0.320. The molecule has 0 spiro atoms. The van der Waals surface area contributed by atoms with Crippen LogP contribution in [0.15, 0.2) is 18.3 Å². The maximum absolute atomic E-state index is 9.27. The molecule has 1 aromatic heterocycles. The number of aromatic hydroxyl groups is 1. The third kappa shape index (κ3) is 2.22. The second-order valence-corrected chi connectivity index (χ2v) is 2.57. The predicted octanol–water partition coefficient (Wildman–Crippen LogP) is 2.13. The highest BCUT2D eigenvalue weighted by Crippen LogP contribution is 2.14. The van der Waals surface area contributed by atoms with Gasteiger partial charge in [0.15, 0.2) is 0 Å². The number of pyridine rings is 1. The summed E-state index contributed by atoms with van der Waals surface area (Å²) in [5.41, 5.74) is 0.814. The SMILES string of the molecule is CCCCc1ncccc1O.